The molecule has 1 heterocycles. The molecule has 3 aliphatic rings. The highest BCUT2D eigenvalue weighted by Gasteiger charge is 2.51. The van der Waals surface area contributed by atoms with Crippen LogP contribution in [0.25, 0.3) is 0 Å². The summed E-state index contributed by atoms with van der Waals surface area (Å²) >= 11 is 0. The van der Waals surface area contributed by atoms with Crippen LogP contribution in [0.5, 0.6) is 0 Å². The molecule has 1 amide bonds. The third kappa shape index (κ3) is 3.39. The van der Waals surface area contributed by atoms with Crippen LogP contribution < -0.4 is 5.32 Å². The molecule has 3 fully saturated rings. The zero-order valence-electron chi connectivity index (χ0n) is 14.3. The van der Waals surface area contributed by atoms with Gasteiger partial charge in [-0.15, -0.1) is 0 Å². The number of ether oxygens (including phenoxy) is 1. The van der Waals surface area contributed by atoms with Gasteiger partial charge < -0.3 is 15.2 Å². The molecule has 1 saturated heterocycles. The second-order valence-corrected chi connectivity index (χ2v) is 8.38. The molecule has 0 aromatic heterocycles. The molecule has 0 radical (unpaired) electrons. The SMILES string of the molecule is CC1CCC(C)(C(=O)N[C@H]2CCOC3(CC(C(=O)O)C3)C2)CC1. The first-order chi connectivity index (χ1) is 10.8. The lowest BCUT2D eigenvalue weighted by atomic mass is 9.66. The van der Waals surface area contributed by atoms with Crippen molar-refractivity contribution >= 4 is 11.9 Å². The molecule has 23 heavy (non-hydrogen) atoms. The Balaban J connectivity index is 1.54. The molecule has 0 bridgehead atoms. The minimum Gasteiger partial charge on any atom is -0.481 e. The van der Waals surface area contributed by atoms with Gasteiger partial charge in [-0.05, 0) is 57.3 Å². The molecule has 3 rings (SSSR count). The van der Waals surface area contributed by atoms with Gasteiger partial charge in [-0.1, -0.05) is 13.8 Å². The van der Waals surface area contributed by atoms with Crippen LogP contribution in [0, 0.1) is 17.3 Å². The predicted octanol–water partition coefficient (Wildman–Crippen LogP) is 2.73. The van der Waals surface area contributed by atoms with Gasteiger partial charge in [0.15, 0.2) is 0 Å². The molecule has 2 saturated carbocycles. The Morgan fingerprint density at radius 3 is 2.39 bits per heavy atom. The summed E-state index contributed by atoms with van der Waals surface area (Å²) in [5.41, 5.74) is -0.539. The summed E-state index contributed by atoms with van der Waals surface area (Å²) in [4.78, 5) is 23.8. The smallest absolute Gasteiger partial charge is 0.306 e. The quantitative estimate of drug-likeness (QED) is 0.837. The van der Waals surface area contributed by atoms with Gasteiger partial charge in [-0.3, -0.25) is 9.59 Å². The number of nitrogens with one attached hydrogen (secondary N) is 1. The van der Waals surface area contributed by atoms with Crippen LogP contribution in [0.1, 0.15) is 65.2 Å². The Hall–Kier alpha value is -1.10. The van der Waals surface area contributed by atoms with Crippen LogP contribution in [-0.4, -0.2) is 35.2 Å². The van der Waals surface area contributed by atoms with Crippen molar-refractivity contribution in [3.05, 3.63) is 0 Å². The maximum Gasteiger partial charge on any atom is 0.306 e. The fraction of sp³-hybridized carbons (Fsp3) is 0.889. The van der Waals surface area contributed by atoms with E-state index in [0.29, 0.717) is 19.4 Å². The predicted molar refractivity (Wildman–Crippen MR) is 85.9 cm³/mol. The molecule has 1 spiro atoms. The van der Waals surface area contributed by atoms with Crippen LogP contribution in [0.2, 0.25) is 0 Å². The van der Waals surface area contributed by atoms with E-state index in [2.05, 4.69) is 19.2 Å². The molecule has 1 atom stereocenters. The lowest BCUT2D eigenvalue weighted by molar-refractivity contribution is -0.182. The van der Waals surface area contributed by atoms with Gasteiger partial charge in [0.05, 0.1) is 11.5 Å². The summed E-state index contributed by atoms with van der Waals surface area (Å²) in [7, 11) is 0. The highest BCUT2D eigenvalue weighted by Crippen LogP contribution is 2.47. The van der Waals surface area contributed by atoms with E-state index >= 15 is 0 Å². The van der Waals surface area contributed by atoms with Crippen molar-refractivity contribution in [1.29, 1.82) is 0 Å². The van der Waals surface area contributed by atoms with Crippen LogP contribution in [-0.2, 0) is 14.3 Å². The summed E-state index contributed by atoms with van der Waals surface area (Å²) < 4.78 is 5.86. The first kappa shape index (κ1) is 16.7. The van der Waals surface area contributed by atoms with Gasteiger partial charge in [-0.2, -0.15) is 0 Å². The zero-order chi connectivity index (χ0) is 16.7. The average molecular weight is 323 g/mol. The summed E-state index contributed by atoms with van der Waals surface area (Å²) in [6, 6.07) is 0.127. The average Bonchev–Trinajstić information content (AvgIpc) is 2.48. The normalized spacial score (nSPS) is 43.7. The van der Waals surface area contributed by atoms with E-state index in [9.17, 15) is 9.59 Å². The first-order valence-corrected chi connectivity index (χ1v) is 9.00. The van der Waals surface area contributed by atoms with Crippen LogP contribution in [0.15, 0.2) is 0 Å². The minimum atomic E-state index is -0.728. The Labute approximate surface area is 138 Å². The van der Waals surface area contributed by atoms with Gasteiger partial charge in [0.25, 0.3) is 0 Å². The molecule has 0 aromatic carbocycles. The molecule has 2 aliphatic carbocycles. The molecular formula is C18H29NO4. The maximum atomic E-state index is 12.7. The summed E-state index contributed by atoms with van der Waals surface area (Å²) in [5.74, 6) is -0.0956. The van der Waals surface area contributed by atoms with Gasteiger partial charge in [0.2, 0.25) is 5.91 Å². The van der Waals surface area contributed by atoms with Crippen molar-refractivity contribution in [1.82, 2.24) is 5.32 Å². The highest BCUT2D eigenvalue weighted by atomic mass is 16.5. The lowest BCUT2D eigenvalue weighted by Gasteiger charge is -2.50. The first-order valence-electron chi connectivity index (χ1n) is 9.00. The Kier molecular flexibility index (Phi) is 4.43. The zero-order valence-corrected chi connectivity index (χ0v) is 14.3. The molecule has 5 nitrogen and oxygen atoms in total. The molecule has 130 valence electrons. The van der Waals surface area contributed by atoms with Crippen molar-refractivity contribution in [3.63, 3.8) is 0 Å². The topological polar surface area (TPSA) is 75.6 Å². The van der Waals surface area contributed by atoms with Gasteiger partial charge in [0, 0.05) is 18.1 Å². The Bertz CT molecular complexity index is 475. The van der Waals surface area contributed by atoms with Gasteiger partial charge in [-0.25, -0.2) is 0 Å². The highest BCUT2D eigenvalue weighted by molar-refractivity contribution is 5.82. The van der Waals surface area contributed by atoms with Crippen LogP contribution >= 0.6 is 0 Å². The van der Waals surface area contributed by atoms with Crippen molar-refractivity contribution in [3.8, 4) is 0 Å². The van der Waals surface area contributed by atoms with Crippen molar-refractivity contribution in [2.24, 2.45) is 17.3 Å². The van der Waals surface area contributed by atoms with E-state index < -0.39 is 5.97 Å². The van der Waals surface area contributed by atoms with Crippen LogP contribution in [0.3, 0.4) is 0 Å². The number of rotatable bonds is 3. The Morgan fingerprint density at radius 2 is 1.78 bits per heavy atom. The van der Waals surface area contributed by atoms with E-state index in [4.69, 9.17) is 9.84 Å². The number of carbonyl (C=O) groups is 2. The number of carboxylic acid groups (broad SMARTS) is 1. The van der Waals surface area contributed by atoms with Crippen molar-refractivity contribution in [2.45, 2.75) is 76.9 Å². The summed E-state index contributed by atoms with van der Waals surface area (Å²) in [6.07, 6.45) is 6.95. The minimum absolute atomic E-state index is 0.127. The van der Waals surface area contributed by atoms with Gasteiger partial charge in [0.1, 0.15) is 0 Å². The number of hydrogen-bond acceptors (Lipinski definition) is 3. The summed E-state index contributed by atoms with van der Waals surface area (Å²) in [5, 5.41) is 12.3. The monoisotopic (exact) mass is 323 g/mol. The van der Waals surface area contributed by atoms with E-state index in [1.807, 2.05) is 0 Å². The molecule has 1 aliphatic heterocycles. The molecule has 5 heteroatoms. The Morgan fingerprint density at radius 1 is 1.13 bits per heavy atom. The van der Waals surface area contributed by atoms with E-state index in [0.717, 1.165) is 44.4 Å². The number of aliphatic carboxylic acids is 1. The van der Waals surface area contributed by atoms with E-state index in [-0.39, 0.29) is 28.9 Å². The molecule has 2 N–H and O–H groups in total. The van der Waals surface area contributed by atoms with Crippen LogP contribution in [0.4, 0.5) is 0 Å². The number of carbonyl (C=O) groups excluding carboxylic acids is 1. The van der Waals surface area contributed by atoms with Gasteiger partial charge >= 0.3 is 5.97 Å². The van der Waals surface area contributed by atoms with E-state index in [1.54, 1.807) is 0 Å². The standard InChI is InChI=1S/C18H29NO4/c1-12-3-6-17(2,7-4-12)16(22)19-14-5-8-23-18(11-14)9-13(10-18)15(20)21/h12-14H,3-11H2,1-2H3,(H,19,22)(H,20,21)/t12?,13?,14-,17?,18?/m0/s1. The lowest BCUT2D eigenvalue weighted by Crippen LogP contribution is -2.57. The number of amides is 1. The number of carboxylic acids is 1. The maximum absolute atomic E-state index is 12.7. The van der Waals surface area contributed by atoms with Crippen molar-refractivity contribution in [2.75, 3.05) is 6.61 Å². The van der Waals surface area contributed by atoms with Crippen molar-refractivity contribution < 1.29 is 19.4 Å². The second-order valence-electron chi connectivity index (χ2n) is 8.38. The molecule has 0 aromatic rings. The number of hydrogen-bond donors (Lipinski definition) is 2. The fourth-order valence-corrected chi connectivity index (χ4v) is 4.43. The second kappa shape index (κ2) is 6.08. The largest absolute Gasteiger partial charge is 0.481 e. The third-order valence-corrected chi connectivity index (χ3v) is 6.34. The summed E-state index contributed by atoms with van der Waals surface area (Å²) in [6.45, 7) is 4.97. The third-order valence-electron chi connectivity index (χ3n) is 6.34. The van der Waals surface area contributed by atoms with E-state index in [1.165, 1.54) is 0 Å². The fourth-order valence-electron chi connectivity index (χ4n) is 4.43. The molecular weight excluding hydrogens is 294 g/mol. The molecule has 0 unspecified atom stereocenters.